The zero-order valence-corrected chi connectivity index (χ0v) is 41.8. The number of cyclic esters (lactones) is 1. The molecule has 1 amide bonds. The van der Waals surface area contributed by atoms with Crippen LogP contribution in [0.2, 0.25) is 0 Å². The normalized spacial score (nSPS) is 36.4. The highest BCUT2D eigenvalue weighted by molar-refractivity contribution is 6.39. The topological polar surface area (TPSA) is 193 Å². The first-order valence-electron chi connectivity index (χ1n) is 24.9. The van der Waals surface area contributed by atoms with Crippen LogP contribution in [0.25, 0.3) is 10.9 Å². The average Bonchev–Trinajstić information content (AvgIpc) is 3.73. The van der Waals surface area contributed by atoms with E-state index in [4.69, 9.17) is 28.4 Å². The molecule has 0 unspecified atom stereocenters. The zero-order chi connectivity index (χ0) is 49.4. The van der Waals surface area contributed by atoms with Crippen molar-refractivity contribution in [2.45, 2.75) is 173 Å². The average molecular weight is 951 g/mol. The van der Waals surface area contributed by atoms with Crippen molar-refractivity contribution < 1.29 is 62.9 Å². The van der Waals surface area contributed by atoms with Crippen molar-refractivity contribution in [3.8, 4) is 5.75 Å². The van der Waals surface area contributed by atoms with Crippen molar-refractivity contribution in [1.82, 2.24) is 9.47 Å². The number of hydrogen-bond acceptors (Lipinski definition) is 13. The van der Waals surface area contributed by atoms with Crippen LogP contribution in [0.5, 0.6) is 5.75 Å². The zero-order valence-electron chi connectivity index (χ0n) is 41.8. The molecule has 4 heterocycles. The van der Waals surface area contributed by atoms with Crippen LogP contribution in [0.3, 0.4) is 0 Å². The molecule has 0 spiro atoms. The fourth-order valence-electron chi connectivity index (χ4n) is 11.2. The maximum absolute atomic E-state index is 14.6. The van der Waals surface area contributed by atoms with Crippen LogP contribution < -0.4 is 4.74 Å². The fourth-order valence-corrected chi connectivity index (χ4v) is 11.2. The van der Waals surface area contributed by atoms with Gasteiger partial charge in [-0.25, -0.2) is 4.79 Å². The van der Waals surface area contributed by atoms with Crippen LogP contribution in [0.4, 0.5) is 0 Å². The van der Waals surface area contributed by atoms with Crippen molar-refractivity contribution in [3.05, 3.63) is 53.8 Å². The van der Waals surface area contributed by atoms with Crippen LogP contribution in [0.1, 0.15) is 112 Å². The molecule has 1 aliphatic carbocycles. The molecule has 3 N–H and O–H groups in total. The molecule has 378 valence electrons. The molecule has 4 aliphatic rings. The van der Waals surface area contributed by atoms with E-state index in [1.807, 2.05) is 61.9 Å². The number of aliphatic hydroxyl groups is 3. The number of aliphatic hydroxyl groups excluding tert-OH is 2. The summed E-state index contributed by atoms with van der Waals surface area (Å²) in [6.45, 7) is 11.9. The number of ether oxygens (including phenoxy) is 6. The predicted octanol–water partition coefficient (Wildman–Crippen LogP) is 6.51. The minimum atomic E-state index is -2.52. The van der Waals surface area contributed by atoms with Crippen LogP contribution in [0.15, 0.2) is 53.8 Å². The number of ketones is 2. The van der Waals surface area contributed by atoms with Crippen molar-refractivity contribution >= 4 is 34.3 Å². The summed E-state index contributed by atoms with van der Waals surface area (Å²) in [4.78, 5) is 58.6. The Balaban J connectivity index is 1.29. The van der Waals surface area contributed by atoms with E-state index in [0.29, 0.717) is 57.1 Å². The first-order chi connectivity index (χ1) is 32.5. The number of esters is 1. The first kappa shape index (κ1) is 53.4. The summed E-state index contributed by atoms with van der Waals surface area (Å²) in [7, 11) is 4.74. The second kappa shape index (κ2) is 23.8. The molecule has 68 heavy (non-hydrogen) atoms. The van der Waals surface area contributed by atoms with Gasteiger partial charge in [0.2, 0.25) is 5.79 Å². The number of amides is 1. The molecule has 3 fully saturated rings. The van der Waals surface area contributed by atoms with Crippen LogP contribution >= 0.6 is 0 Å². The summed E-state index contributed by atoms with van der Waals surface area (Å²) in [6.07, 6.45) is 6.31. The lowest BCUT2D eigenvalue weighted by Gasteiger charge is -2.47. The standard InChI is InChI=1S/C53H78N2O13/c1-10-37-24-31(2)23-32(3)25-46(64-8)49-47(65-9)27-34(5)53(62,68-49)50(59)51(60)55-19-12-11-13-41(55)52(61)67-48(35(6)42(57)30-43(37)58)33(4)26-36-14-17-44(45(28-36)63-7)66-39-15-16-40-38(29-39)18-20-54(40)21-22-56/h15-16,18,20,24,26,29,32,34-37,41-42,44-49,56-57,62H,10-14,17,19,21-23,25,27-28,30H2,1-9H3/b31-24+,33-26+/t32-,34+,35+,36-,37+,41-,42-,44+,45+,46-,47-,48+,49+,53+/m0/s1. The highest BCUT2D eigenvalue weighted by atomic mass is 16.7. The Morgan fingerprint density at radius 1 is 0.912 bits per heavy atom. The molecule has 6 rings (SSSR count). The van der Waals surface area contributed by atoms with Gasteiger partial charge in [0.25, 0.3) is 11.7 Å². The number of fused-ring (bicyclic) bond motifs is 4. The molecular weight excluding hydrogens is 873 g/mol. The van der Waals surface area contributed by atoms with Crippen LogP contribution in [-0.2, 0) is 49.4 Å². The molecule has 2 saturated heterocycles. The van der Waals surface area contributed by atoms with Crippen molar-refractivity contribution in [3.63, 3.8) is 0 Å². The number of carbonyl (C=O) groups is 4. The maximum Gasteiger partial charge on any atom is 0.329 e. The summed E-state index contributed by atoms with van der Waals surface area (Å²) in [5, 5.41) is 34.5. The van der Waals surface area contributed by atoms with Gasteiger partial charge in [0, 0.05) is 75.7 Å². The summed E-state index contributed by atoms with van der Waals surface area (Å²) in [6, 6.07) is 6.77. The van der Waals surface area contributed by atoms with Gasteiger partial charge in [-0.2, -0.15) is 0 Å². The van der Waals surface area contributed by atoms with Gasteiger partial charge in [0.1, 0.15) is 35.9 Å². The Morgan fingerprint density at radius 2 is 1.63 bits per heavy atom. The number of allylic oxidation sites excluding steroid dienone is 3. The summed E-state index contributed by atoms with van der Waals surface area (Å²) in [5.74, 6) is -6.86. The molecule has 15 nitrogen and oxygen atoms in total. The maximum atomic E-state index is 14.6. The van der Waals surface area contributed by atoms with E-state index >= 15 is 0 Å². The van der Waals surface area contributed by atoms with E-state index in [2.05, 4.69) is 13.0 Å². The van der Waals surface area contributed by atoms with Gasteiger partial charge in [-0.1, -0.05) is 45.4 Å². The van der Waals surface area contributed by atoms with E-state index in [-0.39, 0.29) is 62.2 Å². The SMILES string of the molecule is CC[C@@H]1/C=C(\C)C[C@H](C)C[C@H](OC)[C@H]2O[C@@](O)(C(=O)C(=O)N3CCCC[C@H]3C(=O)O[C@H](/C(C)=C/[C@@H]3CC[C@@H](Oc4ccc5c(ccn5CCO)c4)[C@H](OC)C3)[C@H](C)[C@@H](O)CC1=O)[C@H](C)C[C@@H]2OC. The smallest absolute Gasteiger partial charge is 0.329 e. The van der Waals surface area contributed by atoms with Gasteiger partial charge in [-0.3, -0.25) is 14.4 Å². The summed E-state index contributed by atoms with van der Waals surface area (Å²) < 4.78 is 39.0. The lowest BCUT2D eigenvalue weighted by Crippen LogP contribution is -2.64. The lowest BCUT2D eigenvalue weighted by molar-refractivity contribution is -0.302. The van der Waals surface area contributed by atoms with E-state index in [9.17, 15) is 34.5 Å². The Morgan fingerprint density at radius 3 is 2.32 bits per heavy atom. The number of aromatic nitrogens is 1. The molecule has 2 bridgehead atoms. The number of Topliss-reactive ketones (excluding diaryl/α,β-unsaturated/α-hetero) is 2. The van der Waals surface area contributed by atoms with Crippen molar-refractivity contribution in [1.29, 1.82) is 0 Å². The number of piperidine rings is 1. The van der Waals surface area contributed by atoms with Crippen LogP contribution in [0, 0.1) is 29.6 Å². The monoisotopic (exact) mass is 951 g/mol. The van der Waals surface area contributed by atoms with Crippen molar-refractivity contribution in [2.24, 2.45) is 29.6 Å². The molecule has 0 radical (unpaired) electrons. The quantitative estimate of drug-likeness (QED) is 0.133. The third-order valence-electron chi connectivity index (χ3n) is 15.2. The Hall–Kier alpha value is -3.96. The number of hydrogen-bond donors (Lipinski definition) is 3. The highest BCUT2D eigenvalue weighted by Gasteiger charge is 2.56. The number of nitrogens with zero attached hydrogens (tertiary/aromatic N) is 2. The minimum Gasteiger partial charge on any atom is -0.488 e. The third-order valence-corrected chi connectivity index (χ3v) is 15.2. The third kappa shape index (κ3) is 12.1. The van der Waals surface area contributed by atoms with E-state index in [1.54, 1.807) is 21.0 Å². The van der Waals surface area contributed by atoms with Gasteiger partial charge in [0.15, 0.2) is 0 Å². The molecule has 3 aliphatic heterocycles. The summed E-state index contributed by atoms with van der Waals surface area (Å²) in [5.41, 5.74) is 2.68. The van der Waals surface area contributed by atoms with Gasteiger partial charge in [0.05, 0.1) is 31.0 Å². The molecule has 2 aromatic rings. The van der Waals surface area contributed by atoms with E-state index < -0.39 is 77.8 Å². The Bertz CT molecular complexity index is 2120. The number of benzene rings is 1. The molecule has 15 heteroatoms. The molecule has 14 atom stereocenters. The van der Waals surface area contributed by atoms with Gasteiger partial charge in [-0.05, 0) is 120 Å². The second-order valence-electron chi connectivity index (χ2n) is 20.2. The Labute approximate surface area is 402 Å². The predicted molar refractivity (Wildman–Crippen MR) is 256 cm³/mol. The second-order valence-corrected chi connectivity index (χ2v) is 20.2. The Kier molecular flexibility index (Phi) is 18.7. The van der Waals surface area contributed by atoms with Crippen LogP contribution in [-0.4, -0.2) is 137 Å². The molecule has 1 aromatic carbocycles. The molecular formula is C53H78N2O13. The minimum absolute atomic E-state index is 0.00701. The summed E-state index contributed by atoms with van der Waals surface area (Å²) >= 11 is 0. The number of methoxy groups -OCH3 is 3. The van der Waals surface area contributed by atoms with Gasteiger partial charge < -0.3 is 53.2 Å². The largest absolute Gasteiger partial charge is 0.488 e. The van der Waals surface area contributed by atoms with Crippen molar-refractivity contribution in [2.75, 3.05) is 34.5 Å². The van der Waals surface area contributed by atoms with Gasteiger partial charge in [-0.15, -0.1) is 0 Å². The van der Waals surface area contributed by atoms with E-state index in [0.717, 1.165) is 28.6 Å². The fraction of sp³-hybridized carbons (Fsp3) is 0.698. The molecule has 1 aromatic heterocycles. The van der Waals surface area contributed by atoms with E-state index in [1.165, 1.54) is 19.1 Å². The van der Waals surface area contributed by atoms with Gasteiger partial charge >= 0.3 is 5.97 Å². The lowest BCUT2D eigenvalue weighted by atomic mass is 9.81. The highest BCUT2D eigenvalue weighted by Crippen LogP contribution is 2.40. The molecule has 1 saturated carbocycles. The number of rotatable bonds is 10. The number of carbonyl (C=O) groups excluding carboxylic acids is 4. The first-order valence-corrected chi connectivity index (χ1v) is 24.9.